The molecule has 3 aromatic carbocycles. The van der Waals surface area contributed by atoms with Crippen molar-refractivity contribution in [3.05, 3.63) is 124 Å². The number of benzene rings is 3. The SMILES string of the molecule is COc1cccc(-c2c3nc(c(-c4c(C)cc(C)cc4C)c4ccc([nH]4)c4ccc([nH]4)c(-c4c(C)cc(C)cc4C)c4ccc2[nH]4)C=C3)c1O. The summed E-state index contributed by atoms with van der Waals surface area (Å²) in [6.07, 6.45) is 4.13. The van der Waals surface area contributed by atoms with Crippen molar-refractivity contribution in [3.63, 3.8) is 0 Å². The lowest BCUT2D eigenvalue weighted by atomic mass is 9.92. The van der Waals surface area contributed by atoms with Crippen LogP contribution in [0.15, 0.2) is 78.9 Å². The molecule has 248 valence electrons. The van der Waals surface area contributed by atoms with Crippen molar-refractivity contribution in [1.82, 2.24) is 19.9 Å². The van der Waals surface area contributed by atoms with Gasteiger partial charge in [0, 0.05) is 44.3 Å². The molecule has 50 heavy (non-hydrogen) atoms. The second-order valence-corrected chi connectivity index (χ2v) is 13.6. The molecule has 6 nitrogen and oxygen atoms in total. The van der Waals surface area contributed by atoms with Gasteiger partial charge in [0.05, 0.1) is 29.5 Å². The Labute approximate surface area is 291 Å². The summed E-state index contributed by atoms with van der Waals surface area (Å²) in [4.78, 5) is 16.7. The number of aromatic hydroxyl groups is 1. The Kier molecular flexibility index (Phi) is 7.41. The second kappa shape index (κ2) is 11.8. The van der Waals surface area contributed by atoms with Crippen LogP contribution in [0.2, 0.25) is 0 Å². The van der Waals surface area contributed by atoms with Crippen LogP contribution in [0.3, 0.4) is 0 Å². The standard InChI is InChI=1S/C44H40N4O2/c1-23-19-25(3)39(26(4)20-23)42-34-13-11-30(45-34)31-12-14-35(46-31)43(40-27(5)21-24(2)22-28(40)6)37-18-16-33(48-37)41(32-15-17-36(42)47-32)29-9-8-10-38(50-7)44(29)49/h8-22,45-47,49H,1-7H3. The van der Waals surface area contributed by atoms with Gasteiger partial charge in [0.2, 0.25) is 0 Å². The molecule has 0 fully saturated rings. The smallest absolute Gasteiger partial charge is 0.165 e. The van der Waals surface area contributed by atoms with E-state index in [1.165, 1.54) is 38.9 Å². The summed E-state index contributed by atoms with van der Waals surface area (Å²) in [5.41, 5.74) is 20.4. The van der Waals surface area contributed by atoms with Crippen LogP contribution < -0.4 is 4.74 Å². The average Bonchev–Trinajstić information content (AvgIpc) is 3.89. The van der Waals surface area contributed by atoms with Crippen LogP contribution >= 0.6 is 0 Å². The summed E-state index contributed by atoms with van der Waals surface area (Å²) in [5.74, 6) is 0.467. The zero-order chi connectivity index (χ0) is 34.8. The molecular weight excluding hydrogens is 617 g/mol. The van der Waals surface area contributed by atoms with E-state index in [9.17, 15) is 5.11 Å². The van der Waals surface area contributed by atoms with Crippen molar-refractivity contribution in [2.24, 2.45) is 0 Å². The number of aromatic nitrogens is 4. The zero-order valence-corrected chi connectivity index (χ0v) is 29.5. The maximum Gasteiger partial charge on any atom is 0.165 e. The van der Waals surface area contributed by atoms with E-state index < -0.39 is 0 Å². The summed E-state index contributed by atoms with van der Waals surface area (Å²) < 4.78 is 5.57. The number of phenolic OH excluding ortho intramolecular Hbond substituents is 1. The molecule has 8 bridgehead atoms. The van der Waals surface area contributed by atoms with Crippen molar-refractivity contribution in [2.45, 2.75) is 41.5 Å². The van der Waals surface area contributed by atoms with Gasteiger partial charge in [-0.1, -0.05) is 47.5 Å². The number of fused-ring (bicyclic) bond motifs is 9. The number of hydrogen-bond donors (Lipinski definition) is 4. The van der Waals surface area contributed by atoms with Crippen LogP contribution in [0.5, 0.6) is 11.5 Å². The molecule has 0 atom stereocenters. The molecule has 7 aromatic rings. The molecule has 0 unspecified atom stereocenters. The Balaban J connectivity index is 1.60. The lowest BCUT2D eigenvalue weighted by Crippen LogP contribution is -1.94. The van der Waals surface area contributed by atoms with E-state index in [4.69, 9.17) is 9.72 Å². The number of methoxy groups -OCH3 is 1. The lowest BCUT2D eigenvalue weighted by molar-refractivity contribution is 0.374. The van der Waals surface area contributed by atoms with Crippen LogP contribution in [-0.2, 0) is 0 Å². The van der Waals surface area contributed by atoms with Crippen molar-refractivity contribution in [2.75, 3.05) is 7.11 Å². The van der Waals surface area contributed by atoms with Gasteiger partial charge in [-0.2, -0.15) is 0 Å². The molecule has 0 saturated carbocycles. The van der Waals surface area contributed by atoms with Gasteiger partial charge >= 0.3 is 0 Å². The number of nitrogens with zero attached hydrogens (tertiary/aromatic N) is 1. The summed E-state index contributed by atoms with van der Waals surface area (Å²) >= 11 is 0. The molecule has 4 N–H and O–H groups in total. The summed E-state index contributed by atoms with van der Waals surface area (Å²) in [5, 5.41) is 11.6. The number of hydrogen-bond acceptors (Lipinski definition) is 3. The van der Waals surface area contributed by atoms with E-state index in [1.54, 1.807) is 13.2 Å². The highest BCUT2D eigenvalue weighted by Gasteiger charge is 2.21. The molecule has 8 rings (SSSR count). The lowest BCUT2D eigenvalue weighted by Gasteiger charge is -2.13. The largest absolute Gasteiger partial charge is 0.504 e. The Morgan fingerprint density at radius 3 is 1.44 bits per heavy atom. The molecule has 5 heterocycles. The van der Waals surface area contributed by atoms with Gasteiger partial charge in [0.25, 0.3) is 0 Å². The highest BCUT2D eigenvalue weighted by molar-refractivity contribution is 6.01. The Hall–Kier alpha value is -6.01. The monoisotopic (exact) mass is 656 g/mol. The Morgan fingerprint density at radius 2 is 0.920 bits per heavy atom. The minimum atomic E-state index is 0.0653. The summed E-state index contributed by atoms with van der Waals surface area (Å²) in [6, 6.07) is 27.3. The fourth-order valence-corrected chi connectivity index (χ4v) is 8.00. The first-order valence-electron chi connectivity index (χ1n) is 17.0. The van der Waals surface area contributed by atoms with Crippen molar-refractivity contribution >= 4 is 45.3 Å². The van der Waals surface area contributed by atoms with Gasteiger partial charge in [0.1, 0.15) is 0 Å². The van der Waals surface area contributed by atoms with E-state index in [0.29, 0.717) is 11.3 Å². The molecular formula is C44H40N4O2. The van der Waals surface area contributed by atoms with Crippen LogP contribution in [0, 0.1) is 41.5 Å². The Morgan fingerprint density at radius 1 is 0.500 bits per heavy atom. The number of phenols is 1. The first kappa shape index (κ1) is 31.3. The fraction of sp³-hybridized carbons (Fsp3) is 0.159. The quantitative estimate of drug-likeness (QED) is 0.152. The molecule has 0 radical (unpaired) electrons. The molecule has 0 spiro atoms. The molecule has 1 aliphatic heterocycles. The molecule has 0 saturated heterocycles. The summed E-state index contributed by atoms with van der Waals surface area (Å²) in [7, 11) is 1.57. The number of aryl methyl sites for hydroxylation is 6. The maximum absolute atomic E-state index is 11.6. The average molecular weight is 657 g/mol. The predicted molar refractivity (Wildman–Crippen MR) is 208 cm³/mol. The first-order chi connectivity index (χ1) is 24.1. The van der Waals surface area contributed by atoms with Gasteiger partial charge in [-0.15, -0.1) is 0 Å². The van der Waals surface area contributed by atoms with E-state index in [-0.39, 0.29) is 5.75 Å². The van der Waals surface area contributed by atoms with Crippen molar-refractivity contribution in [3.8, 4) is 44.9 Å². The number of rotatable bonds is 4. The van der Waals surface area contributed by atoms with Crippen molar-refractivity contribution < 1.29 is 9.84 Å². The molecule has 1 aliphatic rings. The van der Waals surface area contributed by atoms with Gasteiger partial charge in [-0.3, -0.25) is 0 Å². The fourth-order valence-electron chi connectivity index (χ4n) is 8.00. The third-order valence-electron chi connectivity index (χ3n) is 9.92. The third kappa shape index (κ3) is 5.07. The molecule has 0 amide bonds. The van der Waals surface area contributed by atoms with E-state index in [1.807, 2.05) is 18.2 Å². The number of ether oxygens (including phenoxy) is 1. The van der Waals surface area contributed by atoms with Gasteiger partial charge < -0.3 is 24.8 Å². The van der Waals surface area contributed by atoms with Gasteiger partial charge in [0.15, 0.2) is 11.5 Å². The van der Waals surface area contributed by atoms with Crippen LogP contribution in [0.1, 0.15) is 44.8 Å². The van der Waals surface area contributed by atoms with E-state index >= 15 is 0 Å². The van der Waals surface area contributed by atoms with Crippen molar-refractivity contribution in [1.29, 1.82) is 0 Å². The highest BCUT2D eigenvalue weighted by atomic mass is 16.5. The highest BCUT2D eigenvalue weighted by Crippen LogP contribution is 2.43. The van der Waals surface area contributed by atoms with Gasteiger partial charge in [-0.25, -0.2) is 4.98 Å². The van der Waals surface area contributed by atoms with Crippen LogP contribution in [0.25, 0.3) is 78.6 Å². The van der Waals surface area contributed by atoms with Crippen LogP contribution in [0.4, 0.5) is 0 Å². The molecule has 0 aliphatic carbocycles. The van der Waals surface area contributed by atoms with Gasteiger partial charge in [-0.05, 0) is 130 Å². The summed E-state index contributed by atoms with van der Waals surface area (Å²) in [6.45, 7) is 13.0. The number of H-pyrrole nitrogens is 3. The maximum atomic E-state index is 11.6. The minimum absolute atomic E-state index is 0.0653. The zero-order valence-electron chi connectivity index (χ0n) is 29.5. The molecule has 4 aromatic heterocycles. The first-order valence-corrected chi connectivity index (χ1v) is 17.0. The predicted octanol–water partition coefficient (Wildman–Crippen LogP) is 11.3. The van der Waals surface area contributed by atoms with E-state index in [2.05, 4.69) is 123 Å². The number of para-hydroxylation sites is 1. The third-order valence-corrected chi connectivity index (χ3v) is 9.92. The minimum Gasteiger partial charge on any atom is -0.504 e. The topological polar surface area (TPSA) is 89.7 Å². The van der Waals surface area contributed by atoms with E-state index in [0.717, 1.165) is 66.7 Å². The Bertz CT molecular complexity index is 2620. The molecule has 6 heteroatoms. The van der Waals surface area contributed by atoms with Crippen LogP contribution in [-0.4, -0.2) is 32.2 Å². The second-order valence-electron chi connectivity index (χ2n) is 13.6. The number of aromatic amines is 3. The number of nitrogens with one attached hydrogen (secondary N) is 3. The normalized spacial score (nSPS) is 11.9.